The highest BCUT2D eigenvalue weighted by Crippen LogP contribution is 2.24. The maximum Gasteiger partial charge on any atom is 0.198 e. The van der Waals surface area contributed by atoms with Crippen molar-refractivity contribution in [3.63, 3.8) is 0 Å². The molecule has 0 aromatic carbocycles. The van der Waals surface area contributed by atoms with E-state index in [4.69, 9.17) is 4.74 Å². The Morgan fingerprint density at radius 1 is 1.40 bits per heavy atom. The molecule has 2 aromatic rings. The average Bonchev–Trinajstić information content (AvgIpc) is 2.79. The summed E-state index contributed by atoms with van der Waals surface area (Å²) in [7, 11) is 1.64. The predicted molar refractivity (Wildman–Crippen MR) is 77.0 cm³/mol. The molecule has 0 amide bonds. The standard InChI is InChI=1S/C14H22N4O2/c1-9(2)11-5-12(20-4)14-16-13(17-18(14)8-11)7-15-6-10(3)19/h5,8-10,15,19H,6-7H2,1-4H3/t10-/m1/s1. The molecule has 1 atom stereocenters. The average molecular weight is 278 g/mol. The molecule has 0 aliphatic rings. The van der Waals surface area contributed by atoms with Gasteiger partial charge in [-0.1, -0.05) is 13.8 Å². The molecule has 2 rings (SSSR count). The van der Waals surface area contributed by atoms with Crippen LogP contribution in [0.15, 0.2) is 12.3 Å². The number of aliphatic hydroxyl groups is 1. The van der Waals surface area contributed by atoms with Crippen molar-refractivity contribution < 1.29 is 9.84 Å². The Hall–Kier alpha value is -1.66. The molecule has 20 heavy (non-hydrogen) atoms. The fraction of sp³-hybridized carbons (Fsp3) is 0.571. The smallest absolute Gasteiger partial charge is 0.198 e. The van der Waals surface area contributed by atoms with Gasteiger partial charge in [-0.3, -0.25) is 0 Å². The summed E-state index contributed by atoms with van der Waals surface area (Å²) in [6.07, 6.45) is 1.60. The van der Waals surface area contributed by atoms with E-state index in [2.05, 4.69) is 29.2 Å². The minimum absolute atomic E-state index is 0.380. The molecule has 0 spiro atoms. The lowest BCUT2D eigenvalue weighted by molar-refractivity contribution is 0.190. The highest BCUT2D eigenvalue weighted by Gasteiger charge is 2.12. The zero-order valence-electron chi connectivity index (χ0n) is 12.4. The Labute approximate surface area is 118 Å². The molecule has 6 heteroatoms. The van der Waals surface area contributed by atoms with Gasteiger partial charge >= 0.3 is 0 Å². The second kappa shape index (κ2) is 6.19. The second-order valence-corrected chi connectivity index (χ2v) is 5.27. The van der Waals surface area contributed by atoms with Crippen molar-refractivity contribution in [2.45, 2.75) is 39.3 Å². The number of ether oxygens (including phenoxy) is 1. The second-order valence-electron chi connectivity index (χ2n) is 5.27. The molecular formula is C14H22N4O2. The van der Waals surface area contributed by atoms with Gasteiger partial charge in [0, 0.05) is 12.7 Å². The molecule has 0 saturated heterocycles. The molecule has 0 aliphatic carbocycles. The van der Waals surface area contributed by atoms with Crippen molar-refractivity contribution in [1.82, 2.24) is 19.9 Å². The maximum atomic E-state index is 9.22. The van der Waals surface area contributed by atoms with Crippen LogP contribution in [0.3, 0.4) is 0 Å². The van der Waals surface area contributed by atoms with E-state index in [1.165, 1.54) is 0 Å². The highest BCUT2D eigenvalue weighted by atomic mass is 16.5. The third-order valence-electron chi connectivity index (χ3n) is 3.07. The molecule has 0 aliphatic heterocycles. The van der Waals surface area contributed by atoms with Gasteiger partial charge in [0.2, 0.25) is 0 Å². The summed E-state index contributed by atoms with van der Waals surface area (Å²) in [6, 6.07) is 2.00. The van der Waals surface area contributed by atoms with E-state index in [0.29, 0.717) is 30.5 Å². The number of fused-ring (bicyclic) bond motifs is 1. The maximum absolute atomic E-state index is 9.22. The molecule has 0 bridgehead atoms. The first kappa shape index (κ1) is 14.7. The third-order valence-corrected chi connectivity index (χ3v) is 3.07. The zero-order valence-corrected chi connectivity index (χ0v) is 12.4. The summed E-state index contributed by atoms with van der Waals surface area (Å²) in [4.78, 5) is 4.46. The van der Waals surface area contributed by atoms with Crippen molar-refractivity contribution in [2.24, 2.45) is 0 Å². The quantitative estimate of drug-likeness (QED) is 0.834. The van der Waals surface area contributed by atoms with Crippen LogP contribution < -0.4 is 10.1 Å². The van der Waals surface area contributed by atoms with Crippen LogP contribution in [0.2, 0.25) is 0 Å². The number of aromatic nitrogens is 3. The molecule has 2 N–H and O–H groups in total. The number of pyridine rings is 1. The minimum atomic E-state index is -0.380. The lowest BCUT2D eigenvalue weighted by Crippen LogP contribution is -2.24. The van der Waals surface area contributed by atoms with E-state index in [0.717, 1.165) is 11.3 Å². The Balaban J connectivity index is 2.27. The first-order valence-electron chi connectivity index (χ1n) is 6.83. The van der Waals surface area contributed by atoms with Crippen LogP contribution in [0.4, 0.5) is 0 Å². The van der Waals surface area contributed by atoms with Crippen molar-refractivity contribution in [1.29, 1.82) is 0 Å². The summed E-state index contributed by atoms with van der Waals surface area (Å²) in [5, 5.41) is 16.8. The minimum Gasteiger partial charge on any atom is -0.493 e. The molecule has 2 heterocycles. The Bertz CT molecular complexity index is 578. The molecule has 0 unspecified atom stereocenters. The van der Waals surface area contributed by atoms with Gasteiger partial charge in [0.25, 0.3) is 0 Å². The number of hydrogen-bond acceptors (Lipinski definition) is 5. The lowest BCUT2D eigenvalue weighted by atomic mass is 10.1. The summed E-state index contributed by atoms with van der Waals surface area (Å²) in [5.41, 5.74) is 1.87. The number of aliphatic hydroxyl groups excluding tert-OH is 1. The molecule has 110 valence electrons. The molecule has 0 fully saturated rings. The molecular weight excluding hydrogens is 256 g/mol. The van der Waals surface area contributed by atoms with Gasteiger partial charge in [0.15, 0.2) is 17.2 Å². The van der Waals surface area contributed by atoms with Crippen molar-refractivity contribution >= 4 is 5.65 Å². The summed E-state index contributed by atoms with van der Waals surface area (Å²) >= 11 is 0. The topological polar surface area (TPSA) is 71.7 Å². The molecule has 0 saturated carbocycles. The Kier molecular flexibility index (Phi) is 4.57. The van der Waals surface area contributed by atoms with E-state index in [-0.39, 0.29) is 6.10 Å². The van der Waals surface area contributed by atoms with Gasteiger partial charge in [-0.25, -0.2) is 9.50 Å². The summed E-state index contributed by atoms with van der Waals surface area (Å²) in [6.45, 7) is 7.03. The fourth-order valence-corrected chi connectivity index (χ4v) is 1.95. The largest absolute Gasteiger partial charge is 0.493 e. The van der Waals surface area contributed by atoms with E-state index in [9.17, 15) is 5.11 Å². The van der Waals surface area contributed by atoms with E-state index >= 15 is 0 Å². The van der Waals surface area contributed by atoms with E-state index < -0.39 is 0 Å². The van der Waals surface area contributed by atoms with Crippen LogP contribution in [0, 0.1) is 0 Å². The third kappa shape index (κ3) is 3.26. The van der Waals surface area contributed by atoms with Gasteiger partial charge < -0.3 is 15.2 Å². The van der Waals surface area contributed by atoms with Crippen LogP contribution in [-0.2, 0) is 6.54 Å². The van der Waals surface area contributed by atoms with Gasteiger partial charge in [-0.05, 0) is 24.5 Å². The first-order valence-corrected chi connectivity index (χ1v) is 6.83. The molecule has 2 aromatic heterocycles. The number of hydrogen-bond donors (Lipinski definition) is 2. The van der Waals surface area contributed by atoms with Crippen LogP contribution in [-0.4, -0.2) is 39.5 Å². The number of rotatable bonds is 6. The van der Waals surface area contributed by atoms with Crippen molar-refractivity contribution in [2.75, 3.05) is 13.7 Å². The van der Waals surface area contributed by atoms with E-state index in [1.54, 1.807) is 18.5 Å². The number of methoxy groups -OCH3 is 1. The lowest BCUT2D eigenvalue weighted by Gasteiger charge is -2.08. The zero-order chi connectivity index (χ0) is 14.7. The van der Waals surface area contributed by atoms with Crippen LogP contribution in [0.25, 0.3) is 5.65 Å². The van der Waals surface area contributed by atoms with Gasteiger partial charge in [-0.2, -0.15) is 0 Å². The van der Waals surface area contributed by atoms with Crippen LogP contribution in [0.5, 0.6) is 5.75 Å². The number of nitrogens with zero attached hydrogens (tertiary/aromatic N) is 3. The van der Waals surface area contributed by atoms with Crippen LogP contribution in [0.1, 0.15) is 38.1 Å². The summed E-state index contributed by atoms with van der Waals surface area (Å²) in [5.74, 6) is 1.81. The molecule has 6 nitrogen and oxygen atoms in total. The number of nitrogens with one attached hydrogen (secondary N) is 1. The monoisotopic (exact) mass is 278 g/mol. The summed E-state index contributed by atoms with van der Waals surface area (Å²) < 4.78 is 7.15. The first-order chi connectivity index (χ1) is 9.51. The van der Waals surface area contributed by atoms with Crippen LogP contribution >= 0.6 is 0 Å². The van der Waals surface area contributed by atoms with Crippen molar-refractivity contribution in [3.05, 3.63) is 23.7 Å². The van der Waals surface area contributed by atoms with Gasteiger partial charge in [0.05, 0.1) is 19.8 Å². The molecule has 0 radical (unpaired) electrons. The van der Waals surface area contributed by atoms with Gasteiger partial charge in [-0.15, -0.1) is 5.10 Å². The SMILES string of the molecule is COc1cc(C(C)C)cn2nc(CNC[C@@H](C)O)nc12. The normalized spacial score (nSPS) is 13.1. The predicted octanol–water partition coefficient (Wildman–Crippen LogP) is 1.33. The Morgan fingerprint density at radius 2 is 2.15 bits per heavy atom. The Morgan fingerprint density at radius 3 is 2.75 bits per heavy atom. The van der Waals surface area contributed by atoms with Crippen molar-refractivity contribution in [3.8, 4) is 5.75 Å². The highest BCUT2D eigenvalue weighted by molar-refractivity contribution is 5.54. The van der Waals surface area contributed by atoms with Gasteiger partial charge in [0.1, 0.15) is 0 Å². The van der Waals surface area contributed by atoms with E-state index in [1.807, 2.05) is 12.3 Å². The fourth-order valence-electron chi connectivity index (χ4n) is 1.95.